The summed E-state index contributed by atoms with van der Waals surface area (Å²) in [7, 11) is 0. The van der Waals surface area contributed by atoms with Crippen LogP contribution < -0.4 is 85.9 Å². The summed E-state index contributed by atoms with van der Waals surface area (Å²) < 4.78 is 6.25. The summed E-state index contributed by atoms with van der Waals surface area (Å²) in [6.07, 6.45) is -2.83. The SMILES string of the molecule is CCCCCCCCCC(=O)N[C@@H](Cc1c[nH]c2ccccc12)C(=O)N[C@@H](CC(N)=O)C(=O)N[C@@H](CC(=O)O)C(=O)N[C@@H]1C(=O)NCC(=O)N[C@@H](CCCNC(=O)c2ccccc2I)C(=O)N[C@@H](CC(=O)O)C(=O)N[C@H](C)C(=O)N[C@@H](CC(=O)O)C(=O)NCC(=O)N[C@H](CO)C(=O)N[C@@H]([C@H](C)CC(=O)O)C(=O)N[C@@H](CC(=O)c2ccccc2N)C(=O)O[C@@H]1C. The molecular weight excluding hydrogens is 1750 g/mol. The van der Waals surface area contributed by atoms with Gasteiger partial charge in [-0.1, -0.05) is 94.8 Å². The summed E-state index contributed by atoms with van der Waals surface area (Å²) in [4.78, 5) is 292. The average molecular weight is 1850 g/mol. The van der Waals surface area contributed by atoms with E-state index >= 15 is 0 Å². The molecule has 45 heteroatoms. The second kappa shape index (κ2) is 50.9. The fourth-order valence-corrected chi connectivity index (χ4v) is 13.3. The summed E-state index contributed by atoms with van der Waals surface area (Å²) in [6, 6.07) is -4.66. The summed E-state index contributed by atoms with van der Waals surface area (Å²) in [5.74, 6) is -30.8. The Balaban J connectivity index is 1.64. The quantitative estimate of drug-likeness (QED) is 0.00683. The molecule has 4 aromatic rings. The molecule has 44 nitrogen and oxygen atoms in total. The van der Waals surface area contributed by atoms with Gasteiger partial charge in [0.1, 0.15) is 72.6 Å². The number of rotatable bonds is 37. The summed E-state index contributed by atoms with van der Waals surface area (Å²) >= 11 is 1.90. The number of benzene rings is 3. The lowest BCUT2D eigenvalue weighted by molar-refractivity contribution is -0.156. The lowest BCUT2D eigenvalue weighted by Gasteiger charge is -2.30. The highest BCUT2D eigenvalue weighted by atomic mass is 127. The number of primary amides is 1. The van der Waals surface area contributed by atoms with E-state index in [1.807, 2.05) is 38.5 Å². The molecular formula is C79H104IN17O27. The van der Waals surface area contributed by atoms with E-state index in [-0.39, 0.29) is 42.6 Å². The van der Waals surface area contributed by atoms with Crippen molar-refractivity contribution >= 4 is 163 Å². The van der Waals surface area contributed by atoms with E-state index in [4.69, 9.17) is 16.2 Å². The summed E-state index contributed by atoms with van der Waals surface area (Å²) in [6.45, 7) is 0.924. The number of ketones is 1. The predicted octanol–water partition coefficient (Wildman–Crippen LogP) is -3.55. The molecule has 124 heavy (non-hydrogen) atoms. The number of H-pyrrole nitrogens is 1. The number of carbonyl (C=O) groups excluding carboxylic acids is 17. The van der Waals surface area contributed by atoms with Crippen LogP contribution in [0.15, 0.2) is 79.0 Å². The number of nitrogens with one attached hydrogen (secondary N) is 15. The van der Waals surface area contributed by atoms with Crippen molar-refractivity contribution in [3.8, 4) is 0 Å². The number of fused-ring (bicyclic) bond motifs is 1. The Morgan fingerprint density at radius 1 is 0.540 bits per heavy atom. The first-order chi connectivity index (χ1) is 58.7. The number of aliphatic carboxylic acids is 4. The first-order valence-corrected chi connectivity index (χ1v) is 40.6. The Kier molecular flexibility index (Phi) is 41.6. The van der Waals surface area contributed by atoms with Crippen LogP contribution in [0.4, 0.5) is 5.69 Å². The van der Waals surface area contributed by atoms with Crippen LogP contribution in [0.3, 0.4) is 0 Å². The molecule has 15 amide bonds. The molecule has 0 bridgehead atoms. The second-order valence-corrected chi connectivity index (χ2v) is 30.4. The topological polar surface area (TPSA) is 705 Å². The van der Waals surface area contributed by atoms with Gasteiger partial charge in [0.15, 0.2) is 5.78 Å². The summed E-state index contributed by atoms with van der Waals surface area (Å²) in [5.41, 5.74) is 12.6. The van der Waals surface area contributed by atoms with E-state index in [1.165, 1.54) is 30.3 Å². The van der Waals surface area contributed by atoms with Crippen molar-refractivity contribution in [3.63, 3.8) is 0 Å². The average Bonchev–Trinajstić information content (AvgIpc) is 1.67. The molecule has 13 atom stereocenters. The number of aromatic nitrogens is 1. The van der Waals surface area contributed by atoms with Crippen molar-refractivity contribution in [3.05, 3.63) is 99.3 Å². The zero-order valence-electron chi connectivity index (χ0n) is 68.1. The fourth-order valence-electron chi connectivity index (χ4n) is 12.7. The monoisotopic (exact) mass is 1850 g/mol. The van der Waals surface area contributed by atoms with Crippen LogP contribution in [0, 0.1) is 9.49 Å². The fraction of sp³-hybridized carbons (Fsp3) is 0.481. The number of ether oxygens (including phenoxy) is 1. The minimum Gasteiger partial charge on any atom is -0.481 e. The van der Waals surface area contributed by atoms with Gasteiger partial charge in [0.05, 0.1) is 57.4 Å². The third-order valence-corrected chi connectivity index (χ3v) is 20.2. The van der Waals surface area contributed by atoms with Gasteiger partial charge in [0, 0.05) is 57.7 Å². The van der Waals surface area contributed by atoms with Crippen LogP contribution in [-0.2, 0) is 102 Å². The van der Waals surface area contributed by atoms with Crippen molar-refractivity contribution in [1.82, 2.24) is 79.4 Å². The Morgan fingerprint density at radius 3 is 1.69 bits per heavy atom. The summed E-state index contributed by atoms with van der Waals surface area (Å²) in [5, 5.41) is 81.9. The molecule has 0 aliphatic carbocycles. The van der Waals surface area contributed by atoms with Crippen molar-refractivity contribution in [1.29, 1.82) is 0 Å². The number of carbonyl (C=O) groups is 21. The number of carboxylic acid groups (broad SMARTS) is 4. The van der Waals surface area contributed by atoms with Gasteiger partial charge in [-0.25, -0.2) is 4.79 Å². The number of anilines is 1. The van der Waals surface area contributed by atoms with Gasteiger partial charge >= 0.3 is 29.8 Å². The van der Waals surface area contributed by atoms with Crippen molar-refractivity contribution in [2.45, 2.75) is 209 Å². The standard InChI is InChI=1S/C79H104IN17O27/c1-5-6-7-8-9-10-11-26-59(101)89-50(29-42-35-84-48-24-17-14-19-43(42)48)73(117)92-51(31-58(82)100)74(118)94-54(34-65(110)111)75(119)97-67-41(4)124-79(123)55(30-57(99)45-21-13-16-23-47(45)81)95-78(122)66(39(2)28-62(104)105)96-76(120)56(38-98)90-61(103)36-85-70(114)52(32-63(106)107)91-68(112)40(3)87-72(116)53(33-64(108)109)93-71(115)49(88-60(102)37-86-77(67)121)25-18-27-83-69(113)44-20-12-15-22-46(44)80/h12-17,19-24,35,39-41,49-56,66-67,84,98H,5-11,18,25-34,36-38,81H2,1-4H3,(H2,82,100)(H,83,113)(H,85,114)(H,86,121)(H,87,116)(H,88,102)(H,89,101)(H,90,103)(H,91,112)(H,92,117)(H,93,115)(H,94,118)(H,95,122)(H,96,120)(H,97,119)(H,104,105)(H,106,107)(H,108,109)(H,110,111)/t39-,40-,41-,49+,50+,51+,52+,53+,54+,55+,56-,66+,67+/m1/s1. The Bertz CT molecular complexity index is 4580. The molecule has 24 N–H and O–H groups in total. The van der Waals surface area contributed by atoms with Crippen molar-refractivity contribution in [2.75, 3.05) is 32.0 Å². The minimum atomic E-state index is -2.49. The van der Waals surface area contributed by atoms with Crippen molar-refractivity contribution in [2.24, 2.45) is 11.7 Å². The molecule has 1 saturated heterocycles. The number of nitrogens with two attached hydrogens (primary N) is 2. The number of aliphatic hydroxyl groups is 1. The molecule has 0 saturated carbocycles. The maximum Gasteiger partial charge on any atom is 0.329 e. The number of cyclic esters (lactones) is 1. The Morgan fingerprint density at radius 2 is 1.08 bits per heavy atom. The van der Waals surface area contributed by atoms with Crippen LogP contribution in [0.25, 0.3) is 10.9 Å². The molecule has 0 radical (unpaired) electrons. The largest absolute Gasteiger partial charge is 0.481 e. The highest BCUT2D eigenvalue weighted by Gasteiger charge is 2.41. The number of nitrogen functional groups attached to an aromatic ring is 1. The van der Waals surface area contributed by atoms with Crippen LogP contribution in [0.1, 0.15) is 157 Å². The number of hydrogen-bond acceptors (Lipinski definition) is 24. The van der Waals surface area contributed by atoms with Gasteiger partial charge in [0.25, 0.3) is 5.91 Å². The number of carboxylic acids is 4. The molecule has 1 fully saturated rings. The maximum absolute atomic E-state index is 15.0. The molecule has 1 aliphatic heterocycles. The van der Waals surface area contributed by atoms with Crippen molar-refractivity contribution < 1.29 is 131 Å². The molecule has 0 unspecified atom stereocenters. The molecule has 674 valence electrons. The van der Waals surface area contributed by atoms with E-state index in [2.05, 4.69) is 70.4 Å². The van der Waals surface area contributed by atoms with Gasteiger partial charge in [-0.3, -0.25) is 95.9 Å². The third-order valence-electron chi connectivity index (χ3n) is 19.2. The second-order valence-electron chi connectivity index (χ2n) is 29.2. The predicted molar refractivity (Wildman–Crippen MR) is 443 cm³/mol. The van der Waals surface area contributed by atoms with Gasteiger partial charge < -0.3 is 121 Å². The van der Waals surface area contributed by atoms with Crippen LogP contribution in [0.5, 0.6) is 0 Å². The number of para-hydroxylation sites is 2. The molecule has 1 aliphatic rings. The lowest BCUT2D eigenvalue weighted by atomic mass is 9.96. The van der Waals surface area contributed by atoms with Gasteiger partial charge in [0.2, 0.25) is 82.7 Å². The number of halogens is 1. The maximum atomic E-state index is 15.0. The van der Waals surface area contributed by atoms with E-state index in [9.17, 15) is 126 Å². The third kappa shape index (κ3) is 34.0. The highest BCUT2D eigenvalue weighted by Crippen LogP contribution is 2.22. The van der Waals surface area contributed by atoms with Gasteiger partial charge in [-0.2, -0.15) is 0 Å². The first kappa shape index (κ1) is 101. The molecule has 2 heterocycles. The van der Waals surface area contributed by atoms with Crippen LogP contribution >= 0.6 is 22.6 Å². The lowest BCUT2D eigenvalue weighted by Crippen LogP contribution is -2.62. The number of hydrogen-bond donors (Lipinski definition) is 22. The Hall–Kier alpha value is -13.2. The molecule has 1 aromatic heterocycles. The molecule has 5 rings (SSSR count). The molecule has 3 aromatic carbocycles. The van der Waals surface area contributed by atoms with Gasteiger partial charge in [-0.05, 0) is 97.5 Å². The number of aliphatic hydroxyl groups excluding tert-OH is 1. The van der Waals surface area contributed by atoms with E-state index < -0.39 is 267 Å². The number of aromatic amines is 1. The minimum absolute atomic E-state index is 0.0290. The highest BCUT2D eigenvalue weighted by molar-refractivity contribution is 14.1. The molecule has 0 spiro atoms. The number of amides is 15. The smallest absolute Gasteiger partial charge is 0.329 e. The Labute approximate surface area is 722 Å². The van der Waals surface area contributed by atoms with Crippen LogP contribution in [0.2, 0.25) is 0 Å². The zero-order valence-corrected chi connectivity index (χ0v) is 70.3. The zero-order chi connectivity index (χ0) is 92.0. The van der Waals surface area contributed by atoms with Gasteiger partial charge in [-0.15, -0.1) is 0 Å². The number of esters is 1. The van der Waals surface area contributed by atoms with Crippen LogP contribution in [-0.4, -0.2) is 254 Å². The van der Waals surface area contributed by atoms with E-state index in [1.54, 1.807) is 48.7 Å². The van der Waals surface area contributed by atoms with E-state index in [0.29, 0.717) is 32.9 Å². The first-order valence-electron chi connectivity index (χ1n) is 39.5. The van der Waals surface area contributed by atoms with E-state index in [0.717, 1.165) is 52.9 Å². The number of Topliss-reactive ketones (excluding diaryl/α,β-unsaturated/α-hetero) is 1. The normalized spacial score (nSPS) is 20.4. The number of unbranched alkanes of at least 4 members (excludes halogenated alkanes) is 6.